The molecular weight excluding hydrogens is 476 g/mol. The van der Waals surface area contributed by atoms with Crippen LogP contribution in [0, 0.1) is 20.8 Å². The number of rotatable bonds is 5. The predicted molar refractivity (Wildman–Crippen MR) is 140 cm³/mol. The number of aryl methyl sites for hydroxylation is 3. The van der Waals surface area contributed by atoms with Gasteiger partial charge in [-0.25, -0.2) is 18.1 Å². The van der Waals surface area contributed by atoms with Gasteiger partial charge in [-0.2, -0.15) is 5.10 Å². The SMILES string of the molecule is COc1ccc(-c2cc(C(=O)Nc3ccc(C)cc3C)c3c(C)nn(C4CCS(=O)(=O)C4)c3n2)cc1. The number of nitrogens with one attached hydrogen (secondary N) is 1. The van der Waals surface area contributed by atoms with Crippen molar-refractivity contribution in [1.82, 2.24) is 14.8 Å². The lowest BCUT2D eigenvalue weighted by atomic mass is 10.0. The van der Waals surface area contributed by atoms with E-state index in [-0.39, 0.29) is 23.5 Å². The van der Waals surface area contributed by atoms with E-state index < -0.39 is 9.84 Å². The van der Waals surface area contributed by atoms with Gasteiger partial charge in [0.25, 0.3) is 5.91 Å². The first-order chi connectivity index (χ1) is 17.1. The molecular formula is C27H28N4O4S. The number of fused-ring (bicyclic) bond motifs is 1. The Bertz CT molecular complexity index is 1590. The molecule has 5 rings (SSSR count). The number of sulfone groups is 1. The van der Waals surface area contributed by atoms with Crippen LogP contribution in [0.4, 0.5) is 5.69 Å². The average Bonchev–Trinajstić information content (AvgIpc) is 3.38. The summed E-state index contributed by atoms with van der Waals surface area (Å²) in [7, 11) is -1.53. The van der Waals surface area contributed by atoms with Crippen LogP contribution in [0.25, 0.3) is 22.3 Å². The first kappa shape index (κ1) is 24.0. The number of pyridine rings is 1. The van der Waals surface area contributed by atoms with Crippen molar-refractivity contribution in [2.75, 3.05) is 23.9 Å². The Morgan fingerprint density at radius 3 is 2.47 bits per heavy atom. The fraction of sp³-hybridized carbons (Fsp3) is 0.296. The zero-order chi connectivity index (χ0) is 25.6. The van der Waals surface area contributed by atoms with Gasteiger partial charge in [0.05, 0.1) is 47.0 Å². The van der Waals surface area contributed by atoms with E-state index in [2.05, 4.69) is 10.4 Å². The van der Waals surface area contributed by atoms with Gasteiger partial charge in [0.1, 0.15) is 5.75 Å². The summed E-state index contributed by atoms with van der Waals surface area (Å²) in [6, 6.07) is 14.8. The number of benzene rings is 2. The van der Waals surface area contributed by atoms with Gasteiger partial charge in [-0.1, -0.05) is 17.7 Å². The molecule has 36 heavy (non-hydrogen) atoms. The quantitative estimate of drug-likeness (QED) is 0.425. The molecule has 2 aromatic heterocycles. The maximum atomic E-state index is 13.6. The number of ether oxygens (including phenoxy) is 1. The molecule has 0 bridgehead atoms. The Kier molecular flexibility index (Phi) is 6.04. The van der Waals surface area contributed by atoms with Crippen molar-refractivity contribution in [2.45, 2.75) is 33.2 Å². The van der Waals surface area contributed by atoms with Gasteiger partial charge in [-0.15, -0.1) is 0 Å². The minimum absolute atomic E-state index is 0.0156. The molecule has 1 aliphatic heterocycles. The first-order valence-electron chi connectivity index (χ1n) is 11.8. The fourth-order valence-corrected chi connectivity index (χ4v) is 6.46. The number of anilines is 1. The smallest absolute Gasteiger partial charge is 0.256 e. The highest BCUT2D eigenvalue weighted by Crippen LogP contribution is 2.33. The van der Waals surface area contributed by atoms with Gasteiger partial charge in [-0.05, 0) is 69.2 Å². The topological polar surface area (TPSA) is 103 Å². The highest BCUT2D eigenvalue weighted by molar-refractivity contribution is 7.91. The van der Waals surface area contributed by atoms with E-state index in [4.69, 9.17) is 9.72 Å². The summed E-state index contributed by atoms with van der Waals surface area (Å²) in [4.78, 5) is 18.5. The van der Waals surface area contributed by atoms with Gasteiger partial charge in [0.15, 0.2) is 15.5 Å². The second-order valence-corrected chi connectivity index (χ2v) is 11.6. The highest BCUT2D eigenvalue weighted by atomic mass is 32.2. The Morgan fingerprint density at radius 2 is 1.83 bits per heavy atom. The Morgan fingerprint density at radius 1 is 1.08 bits per heavy atom. The van der Waals surface area contributed by atoms with Crippen molar-refractivity contribution < 1.29 is 17.9 Å². The Labute approximate surface area is 210 Å². The van der Waals surface area contributed by atoms with Crippen LogP contribution in [0.5, 0.6) is 5.75 Å². The van der Waals surface area contributed by atoms with Crippen LogP contribution in [0.2, 0.25) is 0 Å². The number of hydrogen-bond donors (Lipinski definition) is 1. The molecule has 1 atom stereocenters. The Hall–Kier alpha value is -3.72. The third-order valence-corrected chi connectivity index (χ3v) is 8.40. The number of aromatic nitrogens is 3. The van der Waals surface area contributed by atoms with Crippen LogP contribution in [0.1, 0.15) is 39.6 Å². The van der Waals surface area contributed by atoms with Crippen LogP contribution >= 0.6 is 0 Å². The summed E-state index contributed by atoms with van der Waals surface area (Å²) >= 11 is 0. The molecule has 3 heterocycles. The normalized spacial score (nSPS) is 16.8. The minimum Gasteiger partial charge on any atom is -0.497 e. The zero-order valence-corrected chi connectivity index (χ0v) is 21.5. The third kappa shape index (κ3) is 4.46. The van der Waals surface area contributed by atoms with Crippen molar-refractivity contribution in [3.05, 3.63) is 70.9 Å². The average molecular weight is 505 g/mol. The van der Waals surface area contributed by atoms with E-state index in [0.29, 0.717) is 40.2 Å². The summed E-state index contributed by atoms with van der Waals surface area (Å²) in [6.45, 7) is 5.79. The van der Waals surface area contributed by atoms with Crippen molar-refractivity contribution in [2.24, 2.45) is 0 Å². The van der Waals surface area contributed by atoms with Crippen LogP contribution in [0.3, 0.4) is 0 Å². The number of methoxy groups -OCH3 is 1. The molecule has 2 aromatic carbocycles. The van der Waals surface area contributed by atoms with E-state index >= 15 is 0 Å². The van der Waals surface area contributed by atoms with E-state index in [1.165, 1.54) is 0 Å². The van der Waals surface area contributed by atoms with E-state index in [0.717, 1.165) is 22.4 Å². The van der Waals surface area contributed by atoms with Crippen molar-refractivity contribution in [1.29, 1.82) is 0 Å². The summed E-state index contributed by atoms with van der Waals surface area (Å²) in [5, 5.41) is 8.33. The lowest BCUT2D eigenvalue weighted by Gasteiger charge is -2.13. The molecule has 8 nitrogen and oxygen atoms in total. The fourth-order valence-electron chi connectivity index (χ4n) is 4.77. The maximum Gasteiger partial charge on any atom is 0.256 e. The van der Waals surface area contributed by atoms with Crippen LogP contribution in [-0.2, 0) is 9.84 Å². The molecule has 0 spiro atoms. The molecule has 1 fully saturated rings. The standard InChI is InChI=1S/C27H28N4O4S/c1-16-5-10-23(17(2)13-16)29-27(32)22-14-24(19-6-8-21(35-4)9-7-19)28-26-25(22)18(3)30-31(26)20-11-12-36(33,34)15-20/h5-10,13-14,20H,11-12,15H2,1-4H3,(H,29,32). The van der Waals surface area contributed by atoms with E-state index in [1.807, 2.05) is 63.2 Å². The van der Waals surface area contributed by atoms with Crippen LogP contribution in [0.15, 0.2) is 48.5 Å². The molecule has 1 amide bonds. The molecule has 0 aliphatic carbocycles. The minimum atomic E-state index is -3.13. The predicted octanol–water partition coefficient (Wildman–Crippen LogP) is 4.64. The number of nitrogens with zero attached hydrogens (tertiary/aromatic N) is 3. The summed E-state index contributed by atoms with van der Waals surface area (Å²) in [5.41, 5.74) is 5.79. The molecule has 9 heteroatoms. The third-order valence-electron chi connectivity index (χ3n) is 6.65. The van der Waals surface area contributed by atoms with Crippen molar-refractivity contribution in [3.63, 3.8) is 0 Å². The monoisotopic (exact) mass is 504 g/mol. The second kappa shape index (κ2) is 9.05. The molecule has 1 saturated heterocycles. The number of amides is 1. The molecule has 186 valence electrons. The summed E-state index contributed by atoms with van der Waals surface area (Å²) < 4.78 is 31.4. The molecule has 1 aliphatic rings. The van der Waals surface area contributed by atoms with Crippen molar-refractivity contribution >= 4 is 32.5 Å². The van der Waals surface area contributed by atoms with E-state index in [1.54, 1.807) is 17.9 Å². The van der Waals surface area contributed by atoms with Crippen LogP contribution in [-0.4, -0.2) is 47.7 Å². The molecule has 1 N–H and O–H groups in total. The molecule has 1 unspecified atom stereocenters. The maximum absolute atomic E-state index is 13.6. The van der Waals surface area contributed by atoms with Gasteiger partial charge in [0, 0.05) is 11.3 Å². The van der Waals surface area contributed by atoms with Gasteiger partial charge in [0.2, 0.25) is 0 Å². The summed E-state index contributed by atoms with van der Waals surface area (Å²) in [6.07, 6.45) is 0.469. The van der Waals surface area contributed by atoms with E-state index in [9.17, 15) is 13.2 Å². The molecule has 4 aromatic rings. The molecule has 0 radical (unpaired) electrons. The van der Waals surface area contributed by atoms with Gasteiger partial charge >= 0.3 is 0 Å². The Balaban J connectivity index is 1.67. The summed E-state index contributed by atoms with van der Waals surface area (Å²) in [5.74, 6) is 0.577. The number of carbonyl (C=O) groups is 1. The van der Waals surface area contributed by atoms with Crippen LogP contribution < -0.4 is 10.1 Å². The number of carbonyl (C=O) groups excluding carboxylic acids is 1. The number of hydrogen-bond acceptors (Lipinski definition) is 6. The second-order valence-electron chi connectivity index (χ2n) is 9.34. The first-order valence-corrected chi connectivity index (χ1v) is 13.6. The van der Waals surface area contributed by atoms with Gasteiger partial charge in [-0.3, -0.25) is 4.79 Å². The molecule has 0 saturated carbocycles. The van der Waals surface area contributed by atoms with Crippen molar-refractivity contribution in [3.8, 4) is 17.0 Å². The zero-order valence-electron chi connectivity index (χ0n) is 20.7. The lowest BCUT2D eigenvalue weighted by Crippen LogP contribution is -2.15. The highest BCUT2D eigenvalue weighted by Gasteiger charge is 2.32. The van der Waals surface area contributed by atoms with Gasteiger partial charge < -0.3 is 10.1 Å². The largest absolute Gasteiger partial charge is 0.497 e. The lowest BCUT2D eigenvalue weighted by molar-refractivity contribution is 0.102.